The Balaban J connectivity index is 2.88. The van der Waals surface area contributed by atoms with E-state index in [4.69, 9.17) is 11.6 Å². The average molecular weight is 294 g/mol. The van der Waals surface area contributed by atoms with Gasteiger partial charge in [-0.2, -0.15) is 0 Å². The fourth-order valence-corrected chi connectivity index (χ4v) is 2.27. The van der Waals surface area contributed by atoms with Crippen LogP contribution in [0.25, 0.3) is 0 Å². The molecule has 84 valence electrons. The summed E-state index contributed by atoms with van der Waals surface area (Å²) in [6.07, 6.45) is 1.80. The number of benzene rings is 1. The van der Waals surface area contributed by atoms with Crippen molar-refractivity contribution < 1.29 is 4.39 Å². The second-order valence-corrected chi connectivity index (χ2v) is 5.44. The smallest absolute Gasteiger partial charge is 0.124 e. The Labute approximate surface area is 104 Å². The van der Waals surface area contributed by atoms with E-state index in [1.165, 1.54) is 6.07 Å². The Morgan fingerprint density at radius 1 is 1.40 bits per heavy atom. The van der Waals surface area contributed by atoms with Gasteiger partial charge in [0.2, 0.25) is 0 Å². The summed E-state index contributed by atoms with van der Waals surface area (Å²) in [7, 11) is 0. The van der Waals surface area contributed by atoms with Crippen LogP contribution in [-0.2, 0) is 6.42 Å². The van der Waals surface area contributed by atoms with Crippen LogP contribution in [0, 0.1) is 11.2 Å². The summed E-state index contributed by atoms with van der Waals surface area (Å²) in [6.45, 7) is 4.23. The molecule has 1 rings (SSSR count). The van der Waals surface area contributed by atoms with Crippen molar-refractivity contribution in [1.82, 2.24) is 0 Å². The largest absolute Gasteiger partial charge is 0.207 e. The van der Waals surface area contributed by atoms with Crippen molar-refractivity contribution in [3.8, 4) is 0 Å². The first-order valence-electron chi connectivity index (χ1n) is 5.00. The van der Waals surface area contributed by atoms with Crippen molar-refractivity contribution in [2.75, 3.05) is 5.88 Å². The fourth-order valence-electron chi connectivity index (χ4n) is 1.47. The zero-order valence-electron chi connectivity index (χ0n) is 8.99. The Morgan fingerprint density at radius 2 is 2.07 bits per heavy atom. The standard InChI is InChI=1S/C12H15BrClF/c1-3-12(2,8-14)7-9-4-10(13)6-11(15)5-9/h4-6H,3,7-8H2,1-2H3. The lowest BCUT2D eigenvalue weighted by Gasteiger charge is -2.25. The predicted molar refractivity (Wildman–Crippen MR) is 66.9 cm³/mol. The van der Waals surface area contributed by atoms with E-state index in [1.54, 1.807) is 6.07 Å². The van der Waals surface area contributed by atoms with Gasteiger partial charge in [0, 0.05) is 10.4 Å². The maximum Gasteiger partial charge on any atom is 0.124 e. The number of rotatable bonds is 4. The lowest BCUT2D eigenvalue weighted by Crippen LogP contribution is -2.20. The van der Waals surface area contributed by atoms with E-state index in [1.807, 2.05) is 6.07 Å². The van der Waals surface area contributed by atoms with Crippen LogP contribution in [0.4, 0.5) is 4.39 Å². The minimum atomic E-state index is -0.201. The van der Waals surface area contributed by atoms with Gasteiger partial charge < -0.3 is 0 Å². The van der Waals surface area contributed by atoms with Crippen molar-refractivity contribution in [3.05, 3.63) is 34.1 Å². The third kappa shape index (κ3) is 3.76. The van der Waals surface area contributed by atoms with Crippen LogP contribution in [0.15, 0.2) is 22.7 Å². The van der Waals surface area contributed by atoms with Crippen LogP contribution in [0.1, 0.15) is 25.8 Å². The summed E-state index contributed by atoms with van der Waals surface area (Å²) in [4.78, 5) is 0. The van der Waals surface area contributed by atoms with Gasteiger partial charge in [0.15, 0.2) is 0 Å². The van der Waals surface area contributed by atoms with Crippen molar-refractivity contribution in [3.63, 3.8) is 0 Å². The highest BCUT2D eigenvalue weighted by Crippen LogP contribution is 2.29. The number of alkyl halides is 1. The molecule has 0 spiro atoms. The predicted octanol–water partition coefficient (Wildman–Crippen LogP) is 4.79. The van der Waals surface area contributed by atoms with Crippen LogP contribution >= 0.6 is 27.5 Å². The Bertz CT molecular complexity index is 314. The topological polar surface area (TPSA) is 0 Å². The first-order valence-corrected chi connectivity index (χ1v) is 6.33. The average Bonchev–Trinajstić information content (AvgIpc) is 2.16. The quantitative estimate of drug-likeness (QED) is 0.700. The molecule has 0 heterocycles. The molecule has 0 aliphatic heterocycles. The third-order valence-corrected chi connectivity index (χ3v) is 3.83. The minimum absolute atomic E-state index is 0.0504. The molecule has 0 saturated carbocycles. The van der Waals surface area contributed by atoms with Gasteiger partial charge in [0.25, 0.3) is 0 Å². The maximum absolute atomic E-state index is 13.1. The highest BCUT2D eigenvalue weighted by Gasteiger charge is 2.21. The summed E-state index contributed by atoms with van der Waals surface area (Å²) in [5.74, 6) is 0.393. The van der Waals surface area contributed by atoms with Gasteiger partial charge in [-0.25, -0.2) is 4.39 Å². The SMILES string of the molecule is CCC(C)(CCl)Cc1cc(F)cc(Br)c1. The molecule has 0 fully saturated rings. The van der Waals surface area contributed by atoms with Crippen molar-refractivity contribution >= 4 is 27.5 Å². The second kappa shape index (κ2) is 5.31. The van der Waals surface area contributed by atoms with Gasteiger partial charge in [-0.1, -0.05) is 29.8 Å². The second-order valence-electron chi connectivity index (χ2n) is 4.25. The van der Waals surface area contributed by atoms with Gasteiger partial charge in [-0.05, 0) is 42.0 Å². The van der Waals surface area contributed by atoms with E-state index in [0.29, 0.717) is 5.88 Å². The summed E-state index contributed by atoms with van der Waals surface area (Å²) in [5.41, 5.74) is 1.04. The molecule has 0 aromatic heterocycles. The Kier molecular flexibility index (Phi) is 4.60. The Hall–Kier alpha value is -0.0800. The van der Waals surface area contributed by atoms with E-state index in [0.717, 1.165) is 22.9 Å². The lowest BCUT2D eigenvalue weighted by atomic mass is 9.83. The normalized spacial score (nSPS) is 15.0. The zero-order valence-corrected chi connectivity index (χ0v) is 11.3. The Morgan fingerprint density at radius 3 is 2.53 bits per heavy atom. The number of hydrogen-bond acceptors (Lipinski definition) is 0. The van der Waals surface area contributed by atoms with E-state index in [2.05, 4.69) is 29.8 Å². The van der Waals surface area contributed by atoms with Crippen LogP contribution in [0.2, 0.25) is 0 Å². The summed E-state index contributed by atoms with van der Waals surface area (Å²) in [6, 6.07) is 4.99. The van der Waals surface area contributed by atoms with E-state index in [9.17, 15) is 4.39 Å². The van der Waals surface area contributed by atoms with E-state index < -0.39 is 0 Å². The summed E-state index contributed by atoms with van der Waals surface area (Å²) in [5, 5.41) is 0. The molecule has 1 aromatic carbocycles. The highest BCUT2D eigenvalue weighted by molar-refractivity contribution is 9.10. The molecule has 15 heavy (non-hydrogen) atoms. The molecule has 0 N–H and O–H groups in total. The maximum atomic E-state index is 13.1. The summed E-state index contributed by atoms with van der Waals surface area (Å²) < 4.78 is 13.9. The van der Waals surface area contributed by atoms with Crippen molar-refractivity contribution in [2.24, 2.45) is 5.41 Å². The molecule has 0 amide bonds. The van der Waals surface area contributed by atoms with Crippen LogP contribution in [-0.4, -0.2) is 5.88 Å². The van der Waals surface area contributed by atoms with Crippen LogP contribution in [0.5, 0.6) is 0 Å². The molecule has 1 atom stereocenters. The first kappa shape index (κ1) is 13.0. The molecule has 0 saturated heterocycles. The molecule has 0 aliphatic carbocycles. The molecular formula is C12H15BrClF. The van der Waals surface area contributed by atoms with Gasteiger partial charge in [-0.3, -0.25) is 0 Å². The zero-order chi connectivity index (χ0) is 11.5. The monoisotopic (exact) mass is 292 g/mol. The molecular weight excluding hydrogens is 278 g/mol. The minimum Gasteiger partial charge on any atom is -0.207 e. The molecule has 1 aromatic rings. The molecule has 3 heteroatoms. The van der Waals surface area contributed by atoms with Crippen molar-refractivity contribution in [1.29, 1.82) is 0 Å². The fraction of sp³-hybridized carbons (Fsp3) is 0.500. The van der Waals surface area contributed by atoms with Gasteiger partial charge >= 0.3 is 0 Å². The summed E-state index contributed by atoms with van der Waals surface area (Å²) >= 11 is 9.22. The van der Waals surface area contributed by atoms with E-state index in [-0.39, 0.29) is 11.2 Å². The lowest BCUT2D eigenvalue weighted by molar-refractivity contribution is 0.355. The molecule has 0 radical (unpaired) electrons. The molecule has 1 unspecified atom stereocenters. The molecule has 0 aliphatic rings. The van der Waals surface area contributed by atoms with E-state index >= 15 is 0 Å². The van der Waals surface area contributed by atoms with Gasteiger partial charge in [-0.15, -0.1) is 11.6 Å². The van der Waals surface area contributed by atoms with Crippen LogP contribution in [0.3, 0.4) is 0 Å². The van der Waals surface area contributed by atoms with Crippen LogP contribution < -0.4 is 0 Å². The number of hydrogen-bond donors (Lipinski definition) is 0. The number of halogens is 3. The van der Waals surface area contributed by atoms with Gasteiger partial charge in [0.1, 0.15) is 5.82 Å². The van der Waals surface area contributed by atoms with Crippen molar-refractivity contribution in [2.45, 2.75) is 26.7 Å². The third-order valence-electron chi connectivity index (χ3n) is 2.73. The molecule has 0 bridgehead atoms. The molecule has 0 nitrogen and oxygen atoms in total. The first-order chi connectivity index (χ1) is 6.99. The highest BCUT2D eigenvalue weighted by atomic mass is 79.9. The van der Waals surface area contributed by atoms with Gasteiger partial charge in [0.05, 0.1) is 0 Å².